The molecule has 3 rings (SSSR count). The van der Waals surface area contributed by atoms with E-state index in [-0.39, 0.29) is 11.9 Å². The van der Waals surface area contributed by atoms with Gasteiger partial charge in [0.1, 0.15) is 10.8 Å². The van der Waals surface area contributed by atoms with Crippen molar-refractivity contribution in [2.24, 2.45) is 5.92 Å². The van der Waals surface area contributed by atoms with Crippen LogP contribution < -0.4 is 10.1 Å². The molecule has 1 aromatic carbocycles. The summed E-state index contributed by atoms with van der Waals surface area (Å²) in [5.41, 5.74) is 1.93. The Bertz CT molecular complexity index is 664. The van der Waals surface area contributed by atoms with Crippen LogP contribution in [0.2, 0.25) is 0 Å². The topological polar surface area (TPSA) is 51.2 Å². The Labute approximate surface area is 134 Å². The van der Waals surface area contributed by atoms with Gasteiger partial charge >= 0.3 is 0 Å². The standard InChI is InChI=1S/C17H20N2O2S/c1-11-10-22-17(18-11)16(12-7-8-12)19-15(20)9-13-5-3-4-6-14(13)21-2/h3-6,10,12,16H,7-9H2,1-2H3,(H,19,20)/t16-/m0/s1. The number of benzene rings is 1. The number of nitrogens with zero attached hydrogens (tertiary/aromatic N) is 1. The molecule has 1 heterocycles. The smallest absolute Gasteiger partial charge is 0.225 e. The first kappa shape index (κ1) is 15.0. The summed E-state index contributed by atoms with van der Waals surface area (Å²) in [6.07, 6.45) is 2.66. The molecule has 1 saturated carbocycles. The monoisotopic (exact) mass is 316 g/mol. The second-order valence-electron chi connectivity index (χ2n) is 5.70. The molecule has 0 bridgehead atoms. The lowest BCUT2D eigenvalue weighted by Crippen LogP contribution is -2.31. The minimum Gasteiger partial charge on any atom is -0.496 e. The second kappa shape index (κ2) is 6.48. The summed E-state index contributed by atoms with van der Waals surface area (Å²) in [5, 5.41) is 6.22. The van der Waals surface area contributed by atoms with E-state index in [4.69, 9.17) is 4.74 Å². The largest absolute Gasteiger partial charge is 0.496 e. The van der Waals surface area contributed by atoms with Crippen LogP contribution in [-0.4, -0.2) is 18.0 Å². The molecular formula is C17H20N2O2S. The summed E-state index contributed by atoms with van der Waals surface area (Å²) in [6.45, 7) is 1.99. The number of hydrogen-bond acceptors (Lipinski definition) is 4. The molecule has 1 amide bonds. The van der Waals surface area contributed by atoms with Crippen molar-refractivity contribution in [3.63, 3.8) is 0 Å². The van der Waals surface area contributed by atoms with Gasteiger partial charge in [-0.3, -0.25) is 4.79 Å². The van der Waals surface area contributed by atoms with Crippen LogP contribution >= 0.6 is 11.3 Å². The first-order chi connectivity index (χ1) is 10.7. The number of hydrogen-bond donors (Lipinski definition) is 1. The van der Waals surface area contributed by atoms with E-state index in [1.54, 1.807) is 18.4 Å². The molecule has 1 atom stereocenters. The molecule has 0 aliphatic heterocycles. The van der Waals surface area contributed by atoms with E-state index in [9.17, 15) is 4.79 Å². The Hall–Kier alpha value is -1.88. The maximum atomic E-state index is 12.4. The van der Waals surface area contributed by atoms with Crippen molar-refractivity contribution in [1.29, 1.82) is 0 Å². The first-order valence-corrected chi connectivity index (χ1v) is 8.38. The van der Waals surface area contributed by atoms with Crippen LogP contribution in [-0.2, 0) is 11.2 Å². The van der Waals surface area contributed by atoms with Gasteiger partial charge in [-0.2, -0.15) is 0 Å². The van der Waals surface area contributed by atoms with Crippen LogP contribution in [0.1, 0.15) is 35.1 Å². The fourth-order valence-electron chi connectivity index (χ4n) is 2.57. The lowest BCUT2D eigenvalue weighted by molar-refractivity contribution is -0.121. The van der Waals surface area contributed by atoms with Crippen LogP contribution in [0.3, 0.4) is 0 Å². The van der Waals surface area contributed by atoms with Crippen molar-refractivity contribution in [3.05, 3.63) is 45.9 Å². The molecule has 1 aromatic heterocycles. The van der Waals surface area contributed by atoms with Gasteiger partial charge in [-0.1, -0.05) is 18.2 Å². The van der Waals surface area contributed by atoms with Gasteiger partial charge in [0.05, 0.1) is 19.6 Å². The zero-order valence-corrected chi connectivity index (χ0v) is 13.7. The van der Waals surface area contributed by atoms with Gasteiger partial charge in [0, 0.05) is 16.6 Å². The number of thiazole rings is 1. The minimum atomic E-state index is 0.0225. The Morgan fingerprint density at radius 3 is 2.86 bits per heavy atom. The van der Waals surface area contributed by atoms with Crippen LogP contribution in [0.4, 0.5) is 0 Å². The van der Waals surface area contributed by atoms with Crippen molar-refractivity contribution in [1.82, 2.24) is 10.3 Å². The highest BCUT2D eigenvalue weighted by molar-refractivity contribution is 7.09. The van der Waals surface area contributed by atoms with E-state index in [0.29, 0.717) is 12.3 Å². The molecule has 0 spiro atoms. The third-order valence-corrected chi connectivity index (χ3v) is 4.90. The van der Waals surface area contributed by atoms with E-state index >= 15 is 0 Å². The predicted octanol–water partition coefficient (Wildman–Crippen LogP) is 3.27. The highest BCUT2D eigenvalue weighted by Crippen LogP contribution is 2.41. The third kappa shape index (κ3) is 3.47. The molecule has 1 aliphatic rings. The molecule has 0 radical (unpaired) electrons. The average molecular weight is 316 g/mol. The number of rotatable bonds is 6. The summed E-state index contributed by atoms with van der Waals surface area (Å²) in [5.74, 6) is 1.31. The Kier molecular flexibility index (Phi) is 4.43. The number of carbonyl (C=O) groups is 1. The number of methoxy groups -OCH3 is 1. The summed E-state index contributed by atoms with van der Waals surface area (Å²) >= 11 is 1.63. The molecule has 22 heavy (non-hydrogen) atoms. The zero-order valence-electron chi connectivity index (χ0n) is 12.8. The molecule has 0 unspecified atom stereocenters. The molecule has 1 fully saturated rings. The number of aromatic nitrogens is 1. The van der Waals surface area contributed by atoms with E-state index in [0.717, 1.165) is 34.9 Å². The lowest BCUT2D eigenvalue weighted by Gasteiger charge is -2.16. The van der Waals surface area contributed by atoms with Crippen LogP contribution in [0.15, 0.2) is 29.6 Å². The first-order valence-electron chi connectivity index (χ1n) is 7.50. The normalized spacial score (nSPS) is 15.4. The number of aryl methyl sites for hydroxylation is 1. The number of ether oxygens (including phenoxy) is 1. The van der Waals surface area contributed by atoms with Gasteiger partial charge in [0.2, 0.25) is 5.91 Å². The Morgan fingerprint density at radius 2 is 2.23 bits per heavy atom. The Morgan fingerprint density at radius 1 is 1.45 bits per heavy atom. The van der Waals surface area contributed by atoms with E-state index in [1.807, 2.05) is 36.6 Å². The predicted molar refractivity (Wildman–Crippen MR) is 87.2 cm³/mol. The van der Waals surface area contributed by atoms with E-state index < -0.39 is 0 Å². The third-order valence-electron chi connectivity index (χ3n) is 3.86. The lowest BCUT2D eigenvalue weighted by atomic mass is 10.1. The fourth-order valence-corrected chi connectivity index (χ4v) is 3.51. The van der Waals surface area contributed by atoms with Crippen LogP contribution in [0.5, 0.6) is 5.75 Å². The van der Waals surface area contributed by atoms with Gasteiger partial charge in [-0.05, 0) is 31.7 Å². The number of nitrogens with one attached hydrogen (secondary N) is 1. The zero-order chi connectivity index (χ0) is 15.5. The summed E-state index contributed by atoms with van der Waals surface area (Å²) in [7, 11) is 1.63. The quantitative estimate of drug-likeness (QED) is 0.890. The van der Waals surface area contributed by atoms with Gasteiger partial charge < -0.3 is 10.1 Å². The Balaban J connectivity index is 1.69. The van der Waals surface area contributed by atoms with Gasteiger partial charge in [-0.25, -0.2) is 4.98 Å². The molecule has 4 nitrogen and oxygen atoms in total. The highest BCUT2D eigenvalue weighted by Gasteiger charge is 2.35. The molecular weight excluding hydrogens is 296 g/mol. The van der Waals surface area contributed by atoms with Crippen molar-refractivity contribution in [3.8, 4) is 5.75 Å². The van der Waals surface area contributed by atoms with Crippen LogP contribution in [0.25, 0.3) is 0 Å². The van der Waals surface area contributed by atoms with Gasteiger partial charge in [0.25, 0.3) is 0 Å². The number of para-hydroxylation sites is 1. The maximum Gasteiger partial charge on any atom is 0.225 e. The fraction of sp³-hybridized carbons (Fsp3) is 0.412. The summed E-state index contributed by atoms with van der Waals surface area (Å²) < 4.78 is 5.31. The molecule has 116 valence electrons. The molecule has 2 aromatic rings. The summed E-state index contributed by atoms with van der Waals surface area (Å²) in [4.78, 5) is 17.0. The summed E-state index contributed by atoms with van der Waals surface area (Å²) in [6, 6.07) is 7.70. The molecule has 1 aliphatic carbocycles. The van der Waals surface area contributed by atoms with Crippen molar-refractivity contribution in [2.75, 3.05) is 7.11 Å². The average Bonchev–Trinajstić information content (AvgIpc) is 3.27. The SMILES string of the molecule is COc1ccccc1CC(=O)N[C@H](c1nc(C)cs1)C1CC1. The maximum absolute atomic E-state index is 12.4. The molecule has 0 saturated heterocycles. The van der Waals surface area contributed by atoms with Crippen molar-refractivity contribution >= 4 is 17.2 Å². The van der Waals surface area contributed by atoms with E-state index in [2.05, 4.69) is 10.3 Å². The van der Waals surface area contributed by atoms with Gasteiger partial charge in [0.15, 0.2) is 0 Å². The van der Waals surface area contributed by atoms with Gasteiger partial charge in [-0.15, -0.1) is 11.3 Å². The molecule has 1 N–H and O–H groups in total. The number of carbonyl (C=O) groups excluding carboxylic acids is 1. The van der Waals surface area contributed by atoms with Crippen molar-refractivity contribution in [2.45, 2.75) is 32.2 Å². The minimum absolute atomic E-state index is 0.0225. The highest BCUT2D eigenvalue weighted by atomic mass is 32.1. The van der Waals surface area contributed by atoms with Crippen molar-refractivity contribution < 1.29 is 9.53 Å². The van der Waals surface area contributed by atoms with Crippen LogP contribution in [0, 0.1) is 12.8 Å². The second-order valence-corrected chi connectivity index (χ2v) is 6.59. The van der Waals surface area contributed by atoms with E-state index in [1.165, 1.54) is 0 Å². The molecule has 5 heteroatoms. The number of amides is 1.